The second-order valence-corrected chi connectivity index (χ2v) is 4.41. The lowest BCUT2D eigenvalue weighted by Crippen LogP contribution is -2.43. The van der Waals surface area contributed by atoms with E-state index in [1.54, 1.807) is 6.20 Å². The highest BCUT2D eigenvalue weighted by Gasteiger charge is 2.29. The summed E-state index contributed by atoms with van der Waals surface area (Å²) in [5.41, 5.74) is 5.98. The van der Waals surface area contributed by atoms with Crippen LogP contribution in [0.25, 0.3) is 0 Å². The highest BCUT2D eigenvalue weighted by Crippen LogP contribution is 2.21. The molecule has 0 aromatic carbocycles. The summed E-state index contributed by atoms with van der Waals surface area (Å²) in [6, 6.07) is 1.97. The van der Waals surface area contributed by atoms with Gasteiger partial charge in [0.05, 0.1) is 5.60 Å². The van der Waals surface area contributed by atoms with Gasteiger partial charge in [-0.2, -0.15) is 5.10 Å². The minimum Gasteiger partial charge on any atom is -0.388 e. The second kappa shape index (κ2) is 4.77. The van der Waals surface area contributed by atoms with Gasteiger partial charge in [0, 0.05) is 25.5 Å². The van der Waals surface area contributed by atoms with Crippen LogP contribution in [0, 0.1) is 5.92 Å². The van der Waals surface area contributed by atoms with Gasteiger partial charge >= 0.3 is 0 Å². The Kier molecular flexibility index (Phi) is 3.88. The molecule has 0 fully saturated rings. The molecule has 3 N–H and O–H groups in total. The van der Waals surface area contributed by atoms with Crippen molar-refractivity contribution in [2.45, 2.75) is 32.3 Å². The van der Waals surface area contributed by atoms with E-state index in [-0.39, 0.29) is 5.92 Å². The van der Waals surface area contributed by atoms with E-state index < -0.39 is 5.60 Å². The number of hydrogen-bond acceptors (Lipinski definition) is 3. The molecule has 0 aliphatic carbocycles. The number of nitrogens with zero attached hydrogens (tertiary/aromatic N) is 2. The third-order valence-electron chi connectivity index (χ3n) is 3.16. The van der Waals surface area contributed by atoms with Crippen molar-refractivity contribution in [3.63, 3.8) is 0 Å². The van der Waals surface area contributed by atoms with Crippen molar-refractivity contribution in [2.75, 3.05) is 6.54 Å². The van der Waals surface area contributed by atoms with Gasteiger partial charge in [0.1, 0.15) is 0 Å². The lowest BCUT2D eigenvalue weighted by atomic mass is 9.85. The zero-order valence-corrected chi connectivity index (χ0v) is 9.77. The first-order chi connectivity index (χ1) is 6.99. The summed E-state index contributed by atoms with van der Waals surface area (Å²) >= 11 is 0. The van der Waals surface area contributed by atoms with E-state index in [0.717, 1.165) is 12.1 Å². The predicted octanol–water partition coefficient (Wildman–Crippen LogP) is 0.698. The predicted molar refractivity (Wildman–Crippen MR) is 60.4 cm³/mol. The molecule has 0 amide bonds. The SMILES string of the molecule is CC(C)C(O)(CN)CCc1ccnn1C. The quantitative estimate of drug-likeness (QED) is 0.753. The van der Waals surface area contributed by atoms with Crippen LogP contribution in [-0.2, 0) is 13.5 Å². The van der Waals surface area contributed by atoms with Crippen LogP contribution < -0.4 is 5.73 Å². The van der Waals surface area contributed by atoms with Crippen LogP contribution in [0.5, 0.6) is 0 Å². The number of rotatable bonds is 5. The third-order valence-corrected chi connectivity index (χ3v) is 3.16. The largest absolute Gasteiger partial charge is 0.388 e. The maximum atomic E-state index is 10.2. The van der Waals surface area contributed by atoms with Gasteiger partial charge in [-0.15, -0.1) is 0 Å². The molecule has 86 valence electrons. The molecule has 0 radical (unpaired) electrons. The van der Waals surface area contributed by atoms with Crippen molar-refractivity contribution >= 4 is 0 Å². The summed E-state index contributed by atoms with van der Waals surface area (Å²) in [7, 11) is 1.91. The summed E-state index contributed by atoms with van der Waals surface area (Å²) in [6.07, 6.45) is 3.26. The van der Waals surface area contributed by atoms with Gasteiger partial charge in [-0.05, 0) is 24.8 Å². The van der Waals surface area contributed by atoms with Crippen molar-refractivity contribution < 1.29 is 5.11 Å². The Bertz CT molecular complexity index is 309. The Morgan fingerprint density at radius 2 is 2.27 bits per heavy atom. The van der Waals surface area contributed by atoms with Crippen molar-refractivity contribution in [3.8, 4) is 0 Å². The number of aromatic nitrogens is 2. The van der Waals surface area contributed by atoms with Crippen molar-refractivity contribution in [3.05, 3.63) is 18.0 Å². The molecule has 0 aliphatic rings. The maximum Gasteiger partial charge on any atom is 0.0795 e. The Hall–Kier alpha value is -0.870. The Balaban J connectivity index is 2.59. The average Bonchev–Trinajstić information content (AvgIpc) is 2.60. The lowest BCUT2D eigenvalue weighted by Gasteiger charge is -2.30. The summed E-state index contributed by atoms with van der Waals surface area (Å²) in [6.45, 7) is 4.30. The van der Waals surface area contributed by atoms with E-state index in [0.29, 0.717) is 13.0 Å². The van der Waals surface area contributed by atoms with Crippen LogP contribution in [0.1, 0.15) is 26.0 Å². The van der Waals surface area contributed by atoms with E-state index in [2.05, 4.69) is 5.10 Å². The van der Waals surface area contributed by atoms with Gasteiger partial charge in [0.15, 0.2) is 0 Å². The van der Waals surface area contributed by atoms with Crippen LogP contribution in [0.2, 0.25) is 0 Å². The molecule has 1 atom stereocenters. The first kappa shape index (κ1) is 12.2. The summed E-state index contributed by atoms with van der Waals surface area (Å²) in [5, 5.41) is 14.3. The van der Waals surface area contributed by atoms with Gasteiger partial charge in [-0.1, -0.05) is 13.8 Å². The standard InChI is InChI=1S/C11H21N3O/c1-9(2)11(15,8-12)6-4-10-5-7-13-14(10)3/h5,7,9,15H,4,6,8,12H2,1-3H3. The summed E-state index contributed by atoms with van der Waals surface area (Å²) in [5.74, 6) is 0.177. The fourth-order valence-corrected chi connectivity index (χ4v) is 1.62. The van der Waals surface area contributed by atoms with Crippen LogP contribution in [0.3, 0.4) is 0 Å². The molecule has 1 unspecified atom stereocenters. The minimum absolute atomic E-state index is 0.177. The molecule has 1 aromatic heterocycles. The molecule has 4 nitrogen and oxygen atoms in total. The molecular formula is C11H21N3O. The number of nitrogens with two attached hydrogens (primary N) is 1. The van der Waals surface area contributed by atoms with Crippen LogP contribution in [0.4, 0.5) is 0 Å². The lowest BCUT2D eigenvalue weighted by molar-refractivity contribution is -0.00434. The van der Waals surface area contributed by atoms with Gasteiger partial charge in [-0.25, -0.2) is 0 Å². The Morgan fingerprint density at radius 3 is 2.67 bits per heavy atom. The average molecular weight is 211 g/mol. The Morgan fingerprint density at radius 1 is 1.60 bits per heavy atom. The van der Waals surface area contributed by atoms with Crippen LogP contribution >= 0.6 is 0 Å². The first-order valence-corrected chi connectivity index (χ1v) is 5.39. The molecule has 0 saturated heterocycles. The fourth-order valence-electron chi connectivity index (χ4n) is 1.62. The number of aliphatic hydroxyl groups is 1. The molecule has 15 heavy (non-hydrogen) atoms. The monoisotopic (exact) mass is 211 g/mol. The molecule has 0 spiro atoms. The molecule has 1 rings (SSSR count). The molecule has 0 aliphatic heterocycles. The summed E-state index contributed by atoms with van der Waals surface area (Å²) < 4.78 is 1.83. The summed E-state index contributed by atoms with van der Waals surface area (Å²) in [4.78, 5) is 0. The van der Waals surface area contributed by atoms with E-state index >= 15 is 0 Å². The molecule has 4 heteroatoms. The normalized spacial score (nSPS) is 15.6. The molecule has 1 heterocycles. The van der Waals surface area contributed by atoms with Gasteiger partial charge in [-0.3, -0.25) is 4.68 Å². The molecule has 1 aromatic rings. The van der Waals surface area contributed by atoms with Gasteiger partial charge in [0.2, 0.25) is 0 Å². The molecule has 0 bridgehead atoms. The zero-order valence-electron chi connectivity index (χ0n) is 9.77. The maximum absolute atomic E-state index is 10.2. The van der Waals surface area contributed by atoms with Crippen molar-refractivity contribution in [1.82, 2.24) is 9.78 Å². The number of hydrogen-bond donors (Lipinski definition) is 2. The van der Waals surface area contributed by atoms with Crippen molar-refractivity contribution in [2.24, 2.45) is 18.7 Å². The van der Waals surface area contributed by atoms with E-state index in [1.807, 2.05) is 31.6 Å². The Labute approximate surface area is 91.1 Å². The second-order valence-electron chi connectivity index (χ2n) is 4.41. The molecular weight excluding hydrogens is 190 g/mol. The van der Waals surface area contributed by atoms with Crippen LogP contribution in [-0.4, -0.2) is 27.0 Å². The van der Waals surface area contributed by atoms with Gasteiger partial charge < -0.3 is 10.8 Å². The van der Waals surface area contributed by atoms with E-state index in [1.165, 1.54) is 0 Å². The third kappa shape index (κ3) is 2.79. The highest BCUT2D eigenvalue weighted by atomic mass is 16.3. The topological polar surface area (TPSA) is 64.1 Å². The number of aryl methyl sites for hydroxylation is 2. The minimum atomic E-state index is -0.760. The molecule has 0 saturated carbocycles. The smallest absolute Gasteiger partial charge is 0.0795 e. The van der Waals surface area contributed by atoms with E-state index in [4.69, 9.17) is 5.73 Å². The van der Waals surface area contributed by atoms with Gasteiger partial charge in [0.25, 0.3) is 0 Å². The van der Waals surface area contributed by atoms with Crippen LogP contribution in [0.15, 0.2) is 12.3 Å². The first-order valence-electron chi connectivity index (χ1n) is 5.39. The zero-order chi connectivity index (χ0) is 11.5. The highest BCUT2D eigenvalue weighted by molar-refractivity contribution is 5.01. The van der Waals surface area contributed by atoms with E-state index in [9.17, 15) is 5.11 Å². The fraction of sp³-hybridized carbons (Fsp3) is 0.727. The van der Waals surface area contributed by atoms with Crippen molar-refractivity contribution in [1.29, 1.82) is 0 Å².